The third-order valence-corrected chi connectivity index (χ3v) is 6.54. The van der Waals surface area contributed by atoms with Crippen LogP contribution in [0.4, 0.5) is 0 Å². The zero-order valence-corrected chi connectivity index (χ0v) is 19.7. The van der Waals surface area contributed by atoms with Gasteiger partial charge in [-0.15, -0.1) is 0 Å². The lowest BCUT2D eigenvalue weighted by molar-refractivity contribution is -0.361. The summed E-state index contributed by atoms with van der Waals surface area (Å²) in [4.78, 5) is 0. The molecule has 35 heavy (non-hydrogen) atoms. The fourth-order valence-electron chi connectivity index (χ4n) is 4.27. The second kappa shape index (κ2) is 13.8. The molecule has 0 radical (unpaired) electrons. The summed E-state index contributed by atoms with van der Waals surface area (Å²) in [6.07, 6.45) is -6.80. The molecule has 0 aromatic carbocycles. The zero-order chi connectivity index (χ0) is 26.2. The minimum atomic E-state index is -2.27. The Morgan fingerprint density at radius 3 is 1.14 bits per heavy atom. The van der Waals surface area contributed by atoms with Gasteiger partial charge in [0.25, 0.3) is 11.8 Å². The van der Waals surface area contributed by atoms with E-state index < -0.39 is 73.9 Å². The maximum absolute atomic E-state index is 10.4. The highest BCUT2D eigenvalue weighted by atomic mass is 16.7. The third kappa shape index (κ3) is 7.72. The lowest BCUT2D eigenvalue weighted by atomic mass is 9.96. The maximum Gasteiger partial charge on any atom is 0.255 e. The van der Waals surface area contributed by atoms with E-state index in [1.165, 1.54) is 0 Å². The van der Waals surface area contributed by atoms with Crippen LogP contribution < -0.4 is 10.6 Å². The van der Waals surface area contributed by atoms with E-state index in [2.05, 4.69) is 10.6 Å². The van der Waals surface area contributed by atoms with E-state index in [9.17, 15) is 51.1 Å². The molecule has 2 aliphatic rings. The van der Waals surface area contributed by atoms with Crippen LogP contribution in [-0.4, -0.2) is 138 Å². The molecule has 0 aromatic heterocycles. The van der Waals surface area contributed by atoms with Crippen molar-refractivity contribution in [2.75, 3.05) is 26.3 Å². The molecule has 2 rings (SSSR count). The van der Waals surface area contributed by atoms with Crippen molar-refractivity contribution in [3.8, 4) is 0 Å². The number of hydrogen-bond donors (Lipinski definition) is 12. The molecule has 2 fully saturated rings. The van der Waals surface area contributed by atoms with Crippen molar-refractivity contribution in [1.82, 2.24) is 10.6 Å². The van der Waals surface area contributed by atoms with Gasteiger partial charge in [-0.05, 0) is 12.8 Å². The van der Waals surface area contributed by atoms with E-state index in [0.717, 1.165) is 32.1 Å². The molecule has 0 aliphatic carbocycles. The van der Waals surface area contributed by atoms with Crippen molar-refractivity contribution in [3.63, 3.8) is 0 Å². The smallest absolute Gasteiger partial charge is 0.255 e. The van der Waals surface area contributed by atoms with Crippen LogP contribution in [0.15, 0.2) is 0 Å². The first kappa shape index (κ1) is 30.7. The maximum atomic E-state index is 10.4. The monoisotopic (exact) mass is 514 g/mol. The number of hydrogen-bond acceptors (Lipinski definition) is 14. The van der Waals surface area contributed by atoms with Crippen molar-refractivity contribution in [2.24, 2.45) is 0 Å². The highest BCUT2D eigenvalue weighted by Crippen LogP contribution is 2.27. The predicted molar refractivity (Wildman–Crippen MR) is 118 cm³/mol. The molecule has 0 amide bonds. The standard InChI is InChI=1S/C21H42N2O12/c24-10-12-14(26)16(28)18(30)20(32,34-12)22-8-6-4-2-1-3-5-7-9-23-21(33)19(31)17(29)15(27)13(11-25)35-21/h12-19,22-33H,1-11H2/t12-,13-,14-,15-,16+,17+,18+,19+,20+,21+/m1/s1. The highest BCUT2D eigenvalue weighted by molar-refractivity contribution is 4.95. The van der Waals surface area contributed by atoms with E-state index in [1.54, 1.807) is 0 Å². The Kier molecular flexibility index (Phi) is 12.1. The fraction of sp³-hybridized carbons (Fsp3) is 1.00. The summed E-state index contributed by atoms with van der Waals surface area (Å²) in [6, 6.07) is 0. The van der Waals surface area contributed by atoms with Crippen LogP contribution in [0.3, 0.4) is 0 Å². The Morgan fingerprint density at radius 1 is 0.514 bits per heavy atom. The largest absolute Gasteiger partial charge is 0.394 e. The first-order chi connectivity index (χ1) is 16.5. The van der Waals surface area contributed by atoms with Gasteiger partial charge in [-0.1, -0.05) is 32.1 Å². The molecule has 14 nitrogen and oxygen atoms in total. The van der Waals surface area contributed by atoms with Crippen LogP contribution in [-0.2, 0) is 9.47 Å². The van der Waals surface area contributed by atoms with E-state index >= 15 is 0 Å². The van der Waals surface area contributed by atoms with Gasteiger partial charge >= 0.3 is 0 Å². The van der Waals surface area contributed by atoms with Gasteiger partial charge in [0.15, 0.2) is 12.2 Å². The van der Waals surface area contributed by atoms with Gasteiger partial charge in [-0.3, -0.25) is 10.6 Å². The average molecular weight is 515 g/mol. The molecule has 2 saturated heterocycles. The molecular formula is C21H42N2O12. The van der Waals surface area contributed by atoms with Crippen molar-refractivity contribution < 1.29 is 60.5 Å². The summed E-state index contributed by atoms with van der Waals surface area (Å²) < 4.78 is 10.3. The number of unbranched alkanes of at least 4 members (excludes halogenated alkanes) is 6. The fourth-order valence-corrected chi connectivity index (χ4v) is 4.27. The van der Waals surface area contributed by atoms with Crippen molar-refractivity contribution >= 4 is 0 Å². The van der Waals surface area contributed by atoms with E-state index in [4.69, 9.17) is 9.47 Å². The summed E-state index contributed by atoms with van der Waals surface area (Å²) in [6.45, 7) is -0.722. The number of aliphatic hydroxyl groups excluding tert-OH is 8. The van der Waals surface area contributed by atoms with Crippen molar-refractivity contribution in [2.45, 2.75) is 106 Å². The summed E-state index contributed by atoms with van der Waals surface area (Å²) >= 11 is 0. The minimum absolute atomic E-state index is 0.273. The summed E-state index contributed by atoms with van der Waals surface area (Å²) in [7, 11) is 0. The quantitative estimate of drug-likeness (QED) is 0.0768. The van der Waals surface area contributed by atoms with Crippen LogP contribution in [0.2, 0.25) is 0 Å². The molecule has 0 unspecified atom stereocenters. The topological polar surface area (TPSA) is 245 Å². The lowest BCUT2D eigenvalue weighted by Gasteiger charge is -2.45. The van der Waals surface area contributed by atoms with Gasteiger partial charge in [0.05, 0.1) is 13.2 Å². The second-order valence-corrected chi connectivity index (χ2v) is 9.25. The zero-order valence-electron chi connectivity index (χ0n) is 19.7. The number of ether oxygens (including phenoxy) is 2. The number of aliphatic hydroxyl groups is 10. The lowest BCUT2D eigenvalue weighted by Crippen LogP contribution is -2.70. The summed E-state index contributed by atoms with van der Waals surface area (Å²) in [5, 5.41) is 103. The van der Waals surface area contributed by atoms with Gasteiger partial charge < -0.3 is 60.5 Å². The molecule has 2 heterocycles. The molecule has 14 heteroatoms. The van der Waals surface area contributed by atoms with Gasteiger partial charge in [-0.2, -0.15) is 0 Å². The molecule has 12 N–H and O–H groups in total. The van der Waals surface area contributed by atoms with Gasteiger partial charge in [0.1, 0.15) is 36.6 Å². The Bertz CT molecular complexity index is 567. The van der Waals surface area contributed by atoms with E-state index in [0.29, 0.717) is 12.8 Å². The van der Waals surface area contributed by atoms with Crippen LogP contribution in [0.1, 0.15) is 44.9 Å². The number of nitrogens with one attached hydrogen (secondary N) is 2. The van der Waals surface area contributed by atoms with Crippen LogP contribution >= 0.6 is 0 Å². The number of rotatable bonds is 14. The summed E-state index contributed by atoms with van der Waals surface area (Å²) in [5.41, 5.74) is 0. The molecule has 0 spiro atoms. The highest BCUT2D eigenvalue weighted by Gasteiger charge is 2.53. The van der Waals surface area contributed by atoms with Crippen LogP contribution in [0.5, 0.6) is 0 Å². The molecule has 0 saturated carbocycles. The third-order valence-electron chi connectivity index (χ3n) is 6.54. The van der Waals surface area contributed by atoms with E-state index in [1.807, 2.05) is 0 Å². The molecule has 10 atom stereocenters. The van der Waals surface area contributed by atoms with Crippen LogP contribution in [0.25, 0.3) is 0 Å². The Morgan fingerprint density at radius 2 is 0.829 bits per heavy atom. The minimum Gasteiger partial charge on any atom is -0.394 e. The van der Waals surface area contributed by atoms with Gasteiger partial charge in [0, 0.05) is 13.1 Å². The first-order valence-corrected chi connectivity index (χ1v) is 12.1. The Labute approximate surface area is 203 Å². The van der Waals surface area contributed by atoms with E-state index in [-0.39, 0.29) is 13.1 Å². The predicted octanol–water partition coefficient (Wildman–Crippen LogP) is -4.86. The molecule has 0 bridgehead atoms. The molecule has 208 valence electrons. The Balaban J connectivity index is 1.55. The SMILES string of the molecule is OC[C@H]1O[C@](O)(NCCCCCCCCCN[C@@]2(O)O[C@H](CO)[C@@H](O)[C@H](O)[C@@H]2O)[C@@H](O)[C@@H](O)[C@@H]1O. The average Bonchev–Trinajstić information content (AvgIpc) is 2.84. The van der Waals surface area contributed by atoms with Crippen molar-refractivity contribution in [3.05, 3.63) is 0 Å². The van der Waals surface area contributed by atoms with Crippen molar-refractivity contribution in [1.29, 1.82) is 0 Å². The molecular weight excluding hydrogens is 472 g/mol. The molecule has 2 aliphatic heterocycles. The first-order valence-electron chi connectivity index (χ1n) is 12.1. The van der Waals surface area contributed by atoms with Gasteiger partial charge in [-0.25, -0.2) is 0 Å². The van der Waals surface area contributed by atoms with Gasteiger partial charge in [0.2, 0.25) is 0 Å². The Hall–Kier alpha value is -0.560. The summed E-state index contributed by atoms with van der Waals surface area (Å²) in [5.74, 6) is -4.55. The molecule has 0 aromatic rings. The normalized spacial score (nSPS) is 42.3. The second-order valence-electron chi connectivity index (χ2n) is 9.25. The van der Waals surface area contributed by atoms with Crippen LogP contribution in [0, 0.1) is 0 Å².